The molecule has 2 aromatic carbocycles. The highest BCUT2D eigenvalue weighted by Crippen LogP contribution is 2.22. The summed E-state index contributed by atoms with van der Waals surface area (Å²) in [5.74, 6) is 1.57. The zero-order valence-electron chi connectivity index (χ0n) is 16.1. The van der Waals surface area contributed by atoms with Gasteiger partial charge in [-0.05, 0) is 0 Å². The lowest BCUT2D eigenvalue weighted by Crippen LogP contribution is -2.31. The smallest absolute Gasteiger partial charge is 0.159 e. The molecule has 0 amide bonds. The predicted molar refractivity (Wildman–Crippen MR) is 113 cm³/mol. The standard InChI is InChI=1S/C24H21N5/c1-3-7-19(8-4-1)23-25-13-18(14-26-23)16-29-12-11-22-21(17-29)15-27-24(28-22)20-9-5-2-6-10-20/h1-10,13-15H,11-12,16-17H2. The molecule has 0 bridgehead atoms. The van der Waals surface area contributed by atoms with Crippen LogP contribution in [0.1, 0.15) is 16.8 Å². The molecule has 0 spiro atoms. The molecule has 2 aromatic heterocycles. The van der Waals surface area contributed by atoms with E-state index in [4.69, 9.17) is 4.98 Å². The number of nitrogens with zero attached hydrogens (tertiary/aromatic N) is 5. The summed E-state index contributed by atoms with van der Waals surface area (Å²) in [7, 11) is 0. The van der Waals surface area contributed by atoms with Crippen LogP contribution in [0.5, 0.6) is 0 Å². The van der Waals surface area contributed by atoms with Gasteiger partial charge in [-0.3, -0.25) is 4.90 Å². The van der Waals surface area contributed by atoms with Crippen LogP contribution in [0.25, 0.3) is 22.8 Å². The largest absolute Gasteiger partial charge is 0.294 e. The second kappa shape index (κ2) is 7.89. The van der Waals surface area contributed by atoms with Crippen LogP contribution in [0.2, 0.25) is 0 Å². The summed E-state index contributed by atoms with van der Waals surface area (Å²) in [6.45, 7) is 2.65. The molecule has 4 aromatic rings. The zero-order valence-corrected chi connectivity index (χ0v) is 16.1. The Balaban J connectivity index is 1.28. The molecule has 29 heavy (non-hydrogen) atoms. The molecule has 0 aliphatic carbocycles. The maximum Gasteiger partial charge on any atom is 0.159 e. The van der Waals surface area contributed by atoms with Gasteiger partial charge in [0.15, 0.2) is 11.6 Å². The molecule has 0 atom stereocenters. The van der Waals surface area contributed by atoms with E-state index in [2.05, 4.69) is 32.0 Å². The molecule has 142 valence electrons. The lowest BCUT2D eigenvalue weighted by Gasteiger charge is -2.27. The van der Waals surface area contributed by atoms with Crippen LogP contribution in [0.15, 0.2) is 79.3 Å². The fraction of sp³-hybridized carbons (Fsp3) is 0.167. The Kier molecular flexibility index (Phi) is 4.80. The zero-order chi connectivity index (χ0) is 19.5. The van der Waals surface area contributed by atoms with Crippen LogP contribution in [0, 0.1) is 0 Å². The van der Waals surface area contributed by atoms with Gasteiger partial charge in [0.25, 0.3) is 0 Å². The number of benzene rings is 2. The summed E-state index contributed by atoms with van der Waals surface area (Å²) < 4.78 is 0. The topological polar surface area (TPSA) is 54.8 Å². The predicted octanol–water partition coefficient (Wildman–Crippen LogP) is 4.16. The van der Waals surface area contributed by atoms with Gasteiger partial charge in [0.2, 0.25) is 0 Å². The first-order valence-corrected chi connectivity index (χ1v) is 9.84. The number of aromatic nitrogens is 4. The van der Waals surface area contributed by atoms with Crippen molar-refractivity contribution in [2.24, 2.45) is 0 Å². The Morgan fingerprint density at radius 1 is 0.724 bits per heavy atom. The van der Waals surface area contributed by atoms with E-state index in [1.807, 2.05) is 67.1 Å². The molecule has 1 aliphatic rings. The van der Waals surface area contributed by atoms with Crippen molar-refractivity contribution in [2.45, 2.75) is 19.5 Å². The number of fused-ring (bicyclic) bond motifs is 1. The summed E-state index contributed by atoms with van der Waals surface area (Å²) >= 11 is 0. The normalized spacial score (nSPS) is 13.8. The summed E-state index contributed by atoms with van der Waals surface area (Å²) in [6, 6.07) is 20.2. The van der Waals surface area contributed by atoms with Crippen molar-refractivity contribution in [3.63, 3.8) is 0 Å². The van der Waals surface area contributed by atoms with Gasteiger partial charge in [0.1, 0.15) is 0 Å². The second-order valence-corrected chi connectivity index (χ2v) is 7.27. The number of rotatable bonds is 4. The Labute approximate surface area is 170 Å². The fourth-order valence-electron chi connectivity index (χ4n) is 3.67. The monoisotopic (exact) mass is 379 g/mol. The van der Waals surface area contributed by atoms with E-state index in [1.54, 1.807) is 0 Å². The lowest BCUT2D eigenvalue weighted by atomic mass is 10.1. The SMILES string of the molecule is c1ccc(-c2ncc(CN3CCc4nc(-c5ccccc5)ncc4C3)cn2)cc1. The van der Waals surface area contributed by atoms with Gasteiger partial charge in [-0.15, -0.1) is 0 Å². The molecule has 0 fully saturated rings. The summed E-state index contributed by atoms with van der Waals surface area (Å²) in [5.41, 5.74) is 5.59. The van der Waals surface area contributed by atoms with Gasteiger partial charge in [0.05, 0.1) is 5.69 Å². The highest BCUT2D eigenvalue weighted by Gasteiger charge is 2.19. The molecule has 5 nitrogen and oxygen atoms in total. The van der Waals surface area contributed by atoms with E-state index < -0.39 is 0 Å². The molecule has 0 saturated heterocycles. The summed E-state index contributed by atoms with van der Waals surface area (Å²) in [5, 5.41) is 0. The van der Waals surface area contributed by atoms with Crippen molar-refractivity contribution >= 4 is 0 Å². The van der Waals surface area contributed by atoms with Gasteiger partial charge >= 0.3 is 0 Å². The van der Waals surface area contributed by atoms with Crippen LogP contribution in [-0.4, -0.2) is 31.4 Å². The van der Waals surface area contributed by atoms with Crippen molar-refractivity contribution in [3.8, 4) is 22.8 Å². The van der Waals surface area contributed by atoms with Crippen LogP contribution in [0.4, 0.5) is 0 Å². The van der Waals surface area contributed by atoms with Crippen molar-refractivity contribution in [1.29, 1.82) is 0 Å². The molecule has 0 saturated carbocycles. The van der Waals surface area contributed by atoms with Gasteiger partial charge in [-0.1, -0.05) is 60.7 Å². The average molecular weight is 379 g/mol. The maximum absolute atomic E-state index is 4.81. The van der Waals surface area contributed by atoms with Gasteiger partial charge in [0, 0.05) is 66.9 Å². The fourth-order valence-corrected chi connectivity index (χ4v) is 3.67. The second-order valence-electron chi connectivity index (χ2n) is 7.27. The first kappa shape index (κ1) is 17.6. The van der Waals surface area contributed by atoms with Crippen molar-refractivity contribution in [2.75, 3.05) is 6.54 Å². The Hall–Kier alpha value is -3.44. The van der Waals surface area contributed by atoms with Gasteiger partial charge in [-0.2, -0.15) is 0 Å². The van der Waals surface area contributed by atoms with Crippen molar-refractivity contribution < 1.29 is 0 Å². The van der Waals surface area contributed by atoms with E-state index in [0.717, 1.165) is 60.1 Å². The van der Waals surface area contributed by atoms with E-state index in [9.17, 15) is 0 Å². The van der Waals surface area contributed by atoms with Crippen LogP contribution in [-0.2, 0) is 19.5 Å². The van der Waals surface area contributed by atoms with Gasteiger partial charge < -0.3 is 0 Å². The average Bonchev–Trinajstić information content (AvgIpc) is 2.80. The molecular weight excluding hydrogens is 358 g/mol. The maximum atomic E-state index is 4.81. The first-order valence-electron chi connectivity index (χ1n) is 9.84. The van der Waals surface area contributed by atoms with E-state index >= 15 is 0 Å². The third-order valence-electron chi connectivity index (χ3n) is 5.19. The van der Waals surface area contributed by atoms with Gasteiger partial charge in [-0.25, -0.2) is 19.9 Å². The number of hydrogen-bond acceptors (Lipinski definition) is 5. The van der Waals surface area contributed by atoms with Crippen molar-refractivity contribution in [3.05, 3.63) is 96.1 Å². The quantitative estimate of drug-likeness (QED) is 0.533. The Morgan fingerprint density at radius 3 is 2.03 bits per heavy atom. The molecular formula is C24H21N5. The molecule has 5 rings (SSSR count). The Bertz CT molecular complexity index is 1100. The lowest BCUT2D eigenvalue weighted by molar-refractivity contribution is 0.242. The van der Waals surface area contributed by atoms with E-state index in [-0.39, 0.29) is 0 Å². The highest BCUT2D eigenvalue weighted by atomic mass is 15.1. The molecule has 5 heteroatoms. The van der Waals surface area contributed by atoms with Crippen LogP contribution in [0.3, 0.4) is 0 Å². The van der Waals surface area contributed by atoms with Crippen molar-refractivity contribution in [1.82, 2.24) is 24.8 Å². The van der Waals surface area contributed by atoms with E-state index in [1.165, 1.54) is 5.56 Å². The van der Waals surface area contributed by atoms with Crippen LogP contribution >= 0.6 is 0 Å². The third-order valence-corrected chi connectivity index (χ3v) is 5.19. The minimum Gasteiger partial charge on any atom is -0.294 e. The van der Waals surface area contributed by atoms with E-state index in [0.29, 0.717) is 0 Å². The third kappa shape index (κ3) is 3.91. The minimum absolute atomic E-state index is 0.764. The molecule has 3 heterocycles. The molecule has 0 radical (unpaired) electrons. The minimum atomic E-state index is 0.764. The summed E-state index contributed by atoms with van der Waals surface area (Å²) in [4.78, 5) is 20.9. The molecule has 0 unspecified atom stereocenters. The number of hydrogen-bond donors (Lipinski definition) is 0. The van der Waals surface area contributed by atoms with Crippen LogP contribution < -0.4 is 0 Å². The Morgan fingerprint density at radius 2 is 1.34 bits per heavy atom. The highest BCUT2D eigenvalue weighted by molar-refractivity contribution is 5.55. The molecule has 0 N–H and O–H groups in total. The first-order chi connectivity index (χ1) is 14.3. The summed E-state index contributed by atoms with van der Waals surface area (Å²) in [6.07, 6.45) is 6.77. The molecule has 1 aliphatic heterocycles.